The van der Waals surface area contributed by atoms with Gasteiger partial charge in [0.1, 0.15) is 0 Å². The summed E-state index contributed by atoms with van der Waals surface area (Å²) in [4.78, 5) is 9.90. The van der Waals surface area contributed by atoms with Crippen molar-refractivity contribution in [3.8, 4) is 0 Å². The maximum absolute atomic E-state index is 5.26. The standard InChI is InChI=1S/C13H24N4OS/c1-4-11-10-17-12(19-11)6-7-15-13(14-3)16-8-9-18-5-2/h10H,4-9H2,1-3H3,(H2,14,15,16). The summed E-state index contributed by atoms with van der Waals surface area (Å²) in [5, 5.41) is 7.65. The van der Waals surface area contributed by atoms with Crippen LogP contribution >= 0.6 is 11.3 Å². The van der Waals surface area contributed by atoms with Crippen molar-refractivity contribution >= 4 is 17.3 Å². The van der Waals surface area contributed by atoms with Crippen molar-refractivity contribution in [2.24, 2.45) is 4.99 Å². The number of hydrogen-bond acceptors (Lipinski definition) is 4. The van der Waals surface area contributed by atoms with Gasteiger partial charge in [-0.3, -0.25) is 4.99 Å². The SMILES string of the molecule is CCOCCNC(=NC)NCCc1ncc(CC)s1. The minimum absolute atomic E-state index is 0.698. The molecule has 0 fully saturated rings. The Balaban J connectivity index is 2.18. The first kappa shape index (κ1) is 15.9. The maximum atomic E-state index is 5.26. The van der Waals surface area contributed by atoms with E-state index in [1.807, 2.05) is 13.1 Å². The second-order valence-electron chi connectivity index (χ2n) is 3.95. The molecule has 1 heterocycles. The fourth-order valence-corrected chi connectivity index (χ4v) is 2.38. The van der Waals surface area contributed by atoms with Gasteiger partial charge in [0.2, 0.25) is 0 Å². The molecule has 5 nitrogen and oxygen atoms in total. The molecule has 0 aliphatic carbocycles. The normalized spacial score (nSPS) is 11.6. The van der Waals surface area contributed by atoms with Crippen molar-refractivity contribution in [3.63, 3.8) is 0 Å². The average molecular weight is 284 g/mol. The summed E-state index contributed by atoms with van der Waals surface area (Å²) in [5.41, 5.74) is 0. The molecule has 0 aliphatic rings. The molecule has 0 radical (unpaired) electrons. The highest BCUT2D eigenvalue weighted by Crippen LogP contribution is 2.13. The largest absolute Gasteiger partial charge is 0.380 e. The molecule has 0 aliphatic heterocycles. The third-order valence-electron chi connectivity index (χ3n) is 2.55. The van der Waals surface area contributed by atoms with Crippen molar-refractivity contribution in [3.05, 3.63) is 16.1 Å². The molecule has 0 saturated carbocycles. The number of rotatable bonds is 8. The van der Waals surface area contributed by atoms with E-state index in [0.29, 0.717) is 6.61 Å². The van der Waals surface area contributed by atoms with Crippen molar-refractivity contribution < 1.29 is 4.74 Å². The van der Waals surface area contributed by atoms with Gasteiger partial charge in [0.25, 0.3) is 0 Å². The molecule has 0 unspecified atom stereocenters. The van der Waals surface area contributed by atoms with Gasteiger partial charge < -0.3 is 15.4 Å². The minimum Gasteiger partial charge on any atom is -0.380 e. The zero-order valence-corrected chi connectivity index (χ0v) is 12.8. The predicted octanol–water partition coefficient (Wildman–Crippen LogP) is 1.45. The highest BCUT2D eigenvalue weighted by molar-refractivity contribution is 7.11. The molecule has 1 rings (SSSR count). The predicted molar refractivity (Wildman–Crippen MR) is 81.1 cm³/mol. The molecule has 0 amide bonds. The van der Waals surface area contributed by atoms with Crippen LogP contribution in [-0.4, -0.2) is 44.3 Å². The smallest absolute Gasteiger partial charge is 0.191 e. The first-order valence-electron chi connectivity index (χ1n) is 6.76. The molecule has 19 heavy (non-hydrogen) atoms. The number of hydrogen-bond donors (Lipinski definition) is 2. The number of ether oxygens (including phenoxy) is 1. The second kappa shape index (κ2) is 9.75. The van der Waals surface area contributed by atoms with E-state index in [-0.39, 0.29) is 0 Å². The van der Waals surface area contributed by atoms with E-state index in [1.54, 1.807) is 18.4 Å². The van der Waals surface area contributed by atoms with Crippen LogP contribution in [0, 0.1) is 0 Å². The van der Waals surface area contributed by atoms with E-state index in [9.17, 15) is 0 Å². The van der Waals surface area contributed by atoms with Gasteiger partial charge in [-0.2, -0.15) is 0 Å². The Morgan fingerprint density at radius 1 is 1.37 bits per heavy atom. The lowest BCUT2D eigenvalue weighted by molar-refractivity contribution is 0.152. The van der Waals surface area contributed by atoms with Gasteiger partial charge in [-0.25, -0.2) is 4.98 Å². The molecule has 1 aromatic rings. The van der Waals surface area contributed by atoms with Crippen LogP contribution in [0.15, 0.2) is 11.2 Å². The Morgan fingerprint density at radius 2 is 2.16 bits per heavy atom. The number of nitrogens with zero attached hydrogens (tertiary/aromatic N) is 2. The lowest BCUT2D eigenvalue weighted by atomic mass is 10.4. The highest BCUT2D eigenvalue weighted by atomic mass is 32.1. The number of aryl methyl sites for hydroxylation is 1. The van der Waals surface area contributed by atoms with E-state index in [0.717, 1.165) is 38.5 Å². The summed E-state index contributed by atoms with van der Waals surface area (Å²) in [6.45, 7) is 7.20. The topological polar surface area (TPSA) is 58.5 Å². The van der Waals surface area contributed by atoms with Crippen LogP contribution in [0.3, 0.4) is 0 Å². The minimum atomic E-state index is 0.698. The van der Waals surface area contributed by atoms with Crippen molar-refractivity contribution in [1.29, 1.82) is 0 Å². The molecule has 0 saturated heterocycles. The number of aromatic nitrogens is 1. The Labute approximate surface area is 119 Å². The Bertz CT molecular complexity index is 378. The summed E-state index contributed by atoms with van der Waals surface area (Å²) >= 11 is 1.79. The lowest BCUT2D eigenvalue weighted by Crippen LogP contribution is -2.39. The molecular weight excluding hydrogens is 260 g/mol. The van der Waals surface area contributed by atoms with Crippen LogP contribution in [-0.2, 0) is 17.6 Å². The fraction of sp³-hybridized carbons (Fsp3) is 0.692. The van der Waals surface area contributed by atoms with E-state index in [4.69, 9.17) is 4.74 Å². The van der Waals surface area contributed by atoms with Crippen LogP contribution < -0.4 is 10.6 Å². The molecule has 6 heteroatoms. The summed E-state index contributed by atoms with van der Waals surface area (Å²) < 4.78 is 5.26. The maximum Gasteiger partial charge on any atom is 0.191 e. The fourth-order valence-electron chi connectivity index (χ4n) is 1.52. The molecule has 1 aromatic heterocycles. The van der Waals surface area contributed by atoms with Crippen molar-refractivity contribution in [2.75, 3.05) is 33.4 Å². The van der Waals surface area contributed by atoms with Gasteiger partial charge in [-0.1, -0.05) is 6.92 Å². The number of nitrogens with one attached hydrogen (secondary N) is 2. The van der Waals surface area contributed by atoms with Crippen LogP contribution in [0.25, 0.3) is 0 Å². The van der Waals surface area contributed by atoms with Crippen molar-refractivity contribution in [2.45, 2.75) is 26.7 Å². The molecule has 2 N–H and O–H groups in total. The summed E-state index contributed by atoms with van der Waals surface area (Å²) in [6.07, 6.45) is 3.96. The molecule has 0 bridgehead atoms. The summed E-state index contributed by atoms with van der Waals surface area (Å²) in [5.74, 6) is 0.812. The summed E-state index contributed by atoms with van der Waals surface area (Å²) in [7, 11) is 1.77. The van der Waals surface area contributed by atoms with Crippen LogP contribution in [0.1, 0.15) is 23.7 Å². The lowest BCUT2D eigenvalue weighted by Gasteiger charge is -2.11. The molecule has 0 aromatic carbocycles. The Morgan fingerprint density at radius 3 is 2.79 bits per heavy atom. The van der Waals surface area contributed by atoms with Crippen LogP contribution in [0.2, 0.25) is 0 Å². The van der Waals surface area contributed by atoms with E-state index < -0.39 is 0 Å². The number of aliphatic imine (C=N–C) groups is 1. The first-order chi connectivity index (χ1) is 9.30. The molecular formula is C13H24N4OS. The highest BCUT2D eigenvalue weighted by Gasteiger charge is 2.01. The second-order valence-corrected chi connectivity index (χ2v) is 5.15. The van der Waals surface area contributed by atoms with Gasteiger partial charge >= 0.3 is 0 Å². The number of thiazole rings is 1. The zero-order valence-electron chi connectivity index (χ0n) is 12.0. The average Bonchev–Trinajstić information content (AvgIpc) is 2.89. The molecule has 0 atom stereocenters. The zero-order chi connectivity index (χ0) is 13.9. The van der Waals surface area contributed by atoms with Gasteiger partial charge in [0.05, 0.1) is 11.6 Å². The van der Waals surface area contributed by atoms with E-state index in [1.165, 1.54) is 9.88 Å². The third-order valence-corrected chi connectivity index (χ3v) is 3.75. The van der Waals surface area contributed by atoms with Crippen LogP contribution in [0.4, 0.5) is 0 Å². The Hall–Kier alpha value is -1.14. The van der Waals surface area contributed by atoms with Gasteiger partial charge in [-0.15, -0.1) is 11.3 Å². The monoisotopic (exact) mass is 284 g/mol. The van der Waals surface area contributed by atoms with Gasteiger partial charge in [-0.05, 0) is 13.3 Å². The van der Waals surface area contributed by atoms with Crippen LogP contribution in [0.5, 0.6) is 0 Å². The van der Waals surface area contributed by atoms with Gasteiger partial charge in [0, 0.05) is 44.2 Å². The van der Waals surface area contributed by atoms with E-state index >= 15 is 0 Å². The Kier molecular flexibility index (Phi) is 8.16. The first-order valence-corrected chi connectivity index (χ1v) is 7.57. The van der Waals surface area contributed by atoms with Gasteiger partial charge in [0.15, 0.2) is 5.96 Å². The molecule has 0 spiro atoms. The third kappa shape index (κ3) is 6.54. The number of guanidine groups is 1. The quantitative estimate of drug-likeness (QED) is 0.431. The molecule has 108 valence electrons. The van der Waals surface area contributed by atoms with E-state index in [2.05, 4.69) is 27.5 Å². The van der Waals surface area contributed by atoms with Crippen molar-refractivity contribution in [1.82, 2.24) is 15.6 Å². The summed E-state index contributed by atoms with van der Waals surface area (Å²) in [6, 6.07) is 0.